The Balaban J connectivity index is 1.49. The Hall–Kier alpha value is -3.24. The predicted octanol–water partition coefficient (Wildman–Crippen LogP) is 12.4. The van der Waals surface area contributed by atoms with Gasteiger partial charge < -0.3 is 5.11 Å². The summed E-state index contributed by atoms with van der Waals surface area (Å²) < 4.78 is 1.95. The zero-order chi connectivity index (χ0) is 31.6. The Morgan fingerprint density at radius 1 is 0.667 bits per heavy atom. The highest BCUT2D eigenvalue weighted by Crippen LogP contribution is 2.54. The number of rotatable bonds is 11. The molecule has 0 saturated heterocycles. The molecule has 5 aromatic carbocycles. The first-order chi connectivity index (χ1) is 21.8. The van der Waals surface area contributed by atoms with E-state index in [0.29, 0.717) is 0 Å². The van der Waals surface area contributed by atoms with Crippen LogP contribution in [0, 0.1) is 0 Å². The van der Waals surface area contributed by atoms with E-state index in [1.165, 1.54) is 59.9 Å². The van der Waals surface area contributed by atoms with Crippen molar-refractivity contribution >= 4 is 31.9 Å². The van der Waals surface area contributed by atoms with Crippen LogP contribution >= 0.6 is 31.9 Å². The SMILES string of the molecule is C=C(CCCCCCC)C1(C)c2ccccc2-c2ccc(-c3ccccc3C(O)(c3ccc(Br)cc3)c3ccc(Br)cc3)cc21. The maximum absolute atomic E-state index is 12.9. The van der Waals surface area contributed by atoms with Gasteiger partial charge in [-0.3, -0.25) is 0 Å². The van der Waals surface area contributed by atoms with Crippen molar-refractivity contribution in [2.75, 3.05) is 0 Å². The summed E-state index contributed by atoms with van der Waals surface area (Å²) in [6.45, 7) is 9.36. The molecule has 1 aliphatic rings. The molecule has 0 radical (unpaired) electrons. The van der Waals surface area contributed by atoms with Crippen LogP contribution in [0.1, 0.15) is 80.2 Å². The van der Waals surface area contributed by atoms with Crippen molar-refractivity contribution in [2.45, 2.75) is 63.4 Å². The summed E-state index contributed by atoms with van der Waals surface area (Å²) in [6, 6.07) is 40.0. The first kappa shape index (κ1) is 31.7. The van der Waals surface area contributed by atoms with Crippen molar-refractivity contribution < 1.29 is 5.11 Å². The van der Waals surface area contributed by atoms with Crippen molar-refractivity contribution in [2.24, 2.45) is 0 Å². The molecule has 1 nitrogen and oxygen atoms in total. The maximum atomic E-state index is 12.9. The lowest BCUT2D eigenvalue weighted by Crippen LogP contribution is -2.29. The van der Waals surface area contributed by atoms with Crippen LogP contribution in [0.4, 0.5) is 0 Å². The summed E-state index contributed by atoms with van der Waals surface area (Å²) in [5.74, 6) is 0. The molecule has 0 aliphatic heterocycles. The van der Waals surface area contributed by atoms with E-state index in [0.717, 1.165) is 43.2 Å². The predicted molar refractivity (Wildman–Crippen MR) is 197 cm³/mol. The Kier molecular flexibility index (Phi) is 9.34. The molecule has 0 fully saturated rings. The fourth-order valence-corrected chi connectivity index (χ4v) is 7.67. The highest BCUT2D eigenvalue weighted by molar-refractivity contribution is 9.10. The maximum Gasteiger partial charge on any atom is 0.141 e. The van der Waals surface area contributed by atoms with Crippen molar-refractivity contribution in [1.29, 1.82) is 0 Å². The zero-order valence-electron chi connectivity index (χ0n) is 26.1. The van der Waals surface area contributed by atoms with Crippen molar-refractivity contribution in [3.05, 3.63) is 164 Å². The number of hydrogen-bond acceptors (Lipinski definition) is 1. The second-order valence-electron chi connectivity index (χ2n) is 12.5. The van der Waals surface area contributed by atoms with Crippen LogP contribution in [0.15, 0.2) is 136 Å². The van der Waals surface area contributed by atoms with E-state index < -0.39 is 5.60 Å². The minimum Gasteiger partial charge on any atom is -0.376 e. The average molecular weight is 721 g/mol. The monoisotopic (exact) mass is 718 g/mol. The van der Waals surface area contributed by atoms with Gasteiger partial charge in [0.15, 0.2) is 0 Å². The van der Waals surface area contributed by atoms with Gasteiger partial charge in [0, 0.05) is 19.9 Å². The van der Waals surface area contributed by atoms with E-state index in [-0.39, 0.29) is 5.41 Å². The number of allylic oxidation sites excluding steroid dienone is 1. The first-order valence-corrected chi connectivity index (χ1v) is 17.6. The molecule has 1 N–H and O–H groups in total. The third-order valence-corrected chi connectivity index (χ3v) is 10.8. The highest BCUT2D eigenvalue weighted by atomic mass is 79.9. The minimum absolute atomic E-state index is 0.282. The highest BCUT2D eigenvalue weighted by Gasteiger charge is 2.42. The van der Waals surface area contributed by atoms with Gasteiger partial charge in [0.05, 0.1) is 0 Å². The minimum atomic E-state index is -1.37. The molecule has 0 amide bonds. The molecule has 228 valence electrons. The summed E-state index contributed by atoms with van der Waals surface area (Å²) in [5, 5.41) is 12.9. The number of unbranched alkanes of at least 4 members (excludes halogenated alkanes) is 4. The molecule has 1 unspecified atom stereocenters. The zero-order valence-corrected chi connectivity index (χ0v) is 29.3. The summed E-state index contributed by atoms with van der Waals surface area (Å²) >= 11 is 7.16. The van der Waals surface area contributed by atoms with Crippen LogP contribution in [-0.2, 0) is 11.0 Å². The lowest BCUT2D eigenvalue weighted by molar-refractivity contribution is 0.126. The number of fused-ring (bicyclic) bond motifs is 3. The molecule has 0 bridgehead atoms. The largest absolute Gasteiger partial charge is 0.376 e. The Morgan fingerprint density at radius 3 is 1.87 bits per heavy atom. The van der Waals surface area contributed by atoms with Gasteiger partial charge in [0.25, 0.3) is 0 Å². The summed E-state index contributed by atoms with van der Waals surface area (Å²) in [7, 11) is 0. The molecular weight excluding hydrogens is 680 g/mol. The molecular formula is C42H40Br2O. The Labute approximate surface area is 285 Å². The van der Waals surface area contributed by atoms with Gasteiger partial charge in [-0.15, -0.1) is 0 Å². The number of halogens is 2. The van der Waals surface area contributed by atoms with Gasteiger partial charge in [-0.1, -0.05) is 162 Å². The summed E-state index contributed by atoms with van der Waals surface area (Å²) in [4.78, 5) is 0. The molecule has 0 spiro atoms. The Bertz CT molecular complexity index is 1770. The van der Waals surface area contributed by atoms with Crippen LogP contribution in [0.5, 0.6) is 0 Å². The normalized spacial score (nSPS) is 15.5. The van der Waals surface area contributed by atoms with Gasteiger partial charge in [-0.05, 0) is 94.6 Å². The van der Waals surface area contributed by atoms with Crippen molar-refractivity contribution in [3.8, 4) is 22.3 Å². The van der Waals surface area contributed by atoms with Crippen LogP contribution in [0.2, 0.25) is 0 Å². The standard InChI is InChI=1S/C42H40Br2O/c1-4-5-6-7-8-13-29(2)41(3)38-16-11-10-15-36(38)37-27-18-30(28-40(37)41)35-14-9-12-17-39(35)42(45,31-19-23-33(43)24-20-31)32-21-25-34(44)26-22-32/h9-12,14-28,45H,2,4-8,13H2,1,3H3. The van der Waals surface area contributed by atoms with Crippen LogP contribution < -0.4 is 0 Å². The molecule has 6 rings (SSSR count). The van der Waals surface area contributed by atoms with Crippen LogP contribution in [0.25, 0.3) is 22.3 Å². The fourth-order valence-electron chi connectivity index (χ4n) is 7.14. The van der Waals surface area contributed by atoms with E-state index in [1.807, 2.05) is 54.6 Å². The van der Waals surface area contributed by atoms with Crippen molar-refractivity contribution in [1.82, 2.24) is 0 Å². The van der Waals surface area contributed by atoms with E-state index in [9.17, 15) is 5.11 Å². The van der Waals surface area contributed by atoms with Crippen LogP contribution in [-0.4, -0.2) is 5.11 Å². The van der Waals surface area contributed by atoms with Gasteiger partial charge >= 0.3 is 0 Å². The molecule has 1 atom stereocenters. The molecule has 0 aromatic heterocycles. The fraction of sp³-hybridized carbons (Fsp3) is 0.238. The summed E-state index contributed by atoms with van der Waals surface area (Å²) in [5.41, 5.74) is 9.41. The van der Waals surface area contributed by atoms with Crippen LogP contribution in [0.3, 0.4) is 0 Å². The lowest BCUT2D eigenvalue weighted by Gasteiger charge is -2.33. The third-order valence-electron chi connectivity index (χ3n) is 9.76. The van der Waals surface area contributed by atoms with Gasteiger partial charge in [0.2, 0.25) is 0 Å². The van der Waals surface area contributed by atoms with Crippen molar-refractivity contribution in [3.63, 3.8) is 0 Å². The quantitative estimate of drug-likeness (QED) is 0.0818. The van der Waals surface area contributed by atoms with E-state index in [1.54, 1.807) is 0 Å². The number of benzene rings is 5. The first-order valence-electron chi connectivity index (χ1n) is 16.1. The van der Waals surface area contributed by atoms with E-state index >= 15 is 0 Å². The van der Waals surface area contributed by atoms with Gasteiger partial charge in [-0.2, -0.15) is 0 Å². The molecule has 45 heavy (non-hydrogen) atoms. The molecule has 0 heterocycles. The average Bonchev–Trinajstić information content (AvgIpc) is 3.33. The van der Waals surface area contributed by atoms with Gasteiger partial charge in [-0.25, -0.2) is 0 Å². The summed E-state index contributed by atoms with van der Waals surface area (Å²) in [6.07, 6.45) is 7.26. The lowest BCUT2D eigenvalue weighted by atomic mass is 9.72. The van der Waals surface area contributed by atoms with Gasteiger partial charge in [0.1, 0.15) is 5.60 Å². The molecule has 3 heteroatoms. The second kappa shape index (κ2) is 13.2. The number of hydrogen-bond donors (Lipinski definition) is 1. The Morgan fingerprint density at radius 2 is 1.22 bits per heavy atom. The third kappa shape index (κ3) is 5.80. The second-order valence-corrected chi connectivity index (χ2v) is 14.3. The van der Waals surface area contributed by atoms with E-state index in [4.69, 9.17) is 6.58 Å². The smallest absolute Gasteiger partial charge is 0.141 e. The van der Waals surface area contributed by atoms with E-state index in [2.05, 4.69) is 106 Å². The molecule has 1 aliphatic carbocycles. The number of aliphatic hydroxyl groups is 1. The molecule has 5 aromatic rings. The molecule has 0 saturated carbocycles. The topological polar surface area (TPSA) is 20.2 Å².